The van der Waals surface area contributed by atoms with Gasteiger partial charge < -0.3 is 4.90 Å². The molecule has 0 atom stereocenters. The van der Waals surface area contributed by atoms with E-state index in [0.29, 0.717) is 5.78 Å². The van der Waals surface area contributed by atoms with E-state index in [2.05, 4.69) is 39.9 Å². The Morgan fingerprint density at radius 2 is 2.18 bits per heavy atom. The summed E-state index contributed by atoms with van der Waals surface area (Å²) >= 11 is 0. The highest BCUT2D eigenvalue weighted by atomic mass is 15.4. The van der Waals surface area contributed by atoms with Crippen molar-refractivity contribution in [3.05, 3.63) is 18.1 Å². The molecule has 92 valence electrons. The molecule has 0 saturated heterocycles. The Kier molecular flexibility index (Phi) is 3.56. The van der Waals surface area contributed by atoms with Gasteiger partial charge in [0.05, 0.1) is 0 Å². The maximum Gasteiger partial charge on any atom is 0.254 e. The van der Waals surface area contributed by atoms with Crippen molar-refractivity contribution in [3.63, 3.8) is 0 Å². The van der Waals surface area contributed by atoms with E-state index in [9.17, 15) is 0 Å². The second-order valence-corrected chi connectivity index (χ2v) is 4.16. The van der Waals surface area contributed by atoms with Crippen LogP contribution in [0.2, 0.25) is 0 Å². The molecule has 0 aliphatic heterocycles. The van der Waals surface area contributed by atoms with Gasteiger partial charge in [0, 0.05) is 24.8 Å². The first-order valence-electron chi connectivity index (χ1n) is 6.18. The summed E-state index contributed by atoms with van der Waals surface area (Å²) in [6.07, 6.45) is 3.94. The third-order valence-electron chi connectivity index (χ3n) is 2.85. The quantitative estimate of drug-likeness (QED) is 0.793. The lowest BCUT2D eigenvalue weighted by atomic mass is 10.3. The van der Waals surface area contributed by atoms with Gasteiger partial charge in [0.15, 0.2) is 0 Å². The second kappa shape index (κ2) is 5.12. The molecule has 2 heterocycles. The van der Waals surface area contributed by atoms with Gasteiger partial charge in [-0.3, -0.25) is 0 Å². The first kappa shape index (κ1) is 11.8. The Balaban J connectivity index is 2.40. The highest BCUT2D eigenvalue weighted by Crippen LogP contribution is 2.16. The zero-order valence-corrected chi connectivity index (χ0v) is 10.7. The molecular formula is C12H19N5. The molecule has 0 spiro atoms. The fraction of sp³-hybridized carbons (Fsp3) is 0.583. The van der Waals surface area contributed by atoms with Gasteiger partial charge >= 0.3 is 0 Å². The molecule has 2 aromatic rings. The highest BCUT2D eigenvalue weighted by Gasteiger charge is 2.11. The zero-order chi connectivity index (χ0) is 12.3. The molecule has 0 unspecified atom stereocenters. The van der Waals surface area contributed by atoms with Crippen LogP contribution in [0, 0.1) is 6.92 Å². The second-order valence-electron chi connectivity index (χ2n) is 4.16. The largest absolute Gasteiger partial charge is 0.357 e. The molecule has 0 bridgehead atoms. The van der Waals surface area contributed by atoms with Crippen LogP contribution in [0.15, 0.2) is 12.4 Å². The van der Waals surface area contributed by atoms with Crippen molar-refractivity contribution in [3.8, 4) is 0 Å². The van der Waals surface area contributed by atoms with Crippen LogP contribution in [-0.4, -0.2) is 32.7 Å². The van der Waals surface area contributed by atoms with Crippen molar-refractivity contribution in [2.24, 2.45) is 0 Å². The molecule has 0 saturated carbocycles. The summed E-state index contributed by atoms with van der Waals surface area (Å²) < 4.78 is 1.81. The van der Waals surface area contributed by atoms with Crippen molar-refractivity contribution in [2.75, 3.05) is 18.0 Å². The van der Waals surface area contributed by atoms with Gasteiger partial charge in [-0.25, -0.2) is 4.98 Å². The number of nitrogens with zero attached hydrogens (tertiary/aromatic N) is 5. The number of hydrogen-bond donors (Lipinski definition) is 0. The van der Waals surface area contributed by atoms with Crippen LogP contribution >= 0.6 is 0 Å². The lowest BCUT2D eigenvalue weighted by Gasteiger charge is -2.23. The normalized spacial score (nSPS) is 11.0. The van der Waals surface area contributed by atoms with Gasteiger partial charge in [-0.05, 0) is 20.3 Å². The summed E-state index contributed by atoms with van der Waals surface area (Å²) in [6.45, 7) is 8.38. The van der Waals surface area contributed by atoms with E-state index in [1.54, 1.807) is 6.33 Å². The summed E-state index contributed by atoms with van der Waals surface area (Å²) in [5, 5.41) is 4.24. The van der Waals surface area contributed by atoms with Gasteiger partial charge in [0.2, 0.25) is 0 Å². The Hall–Kier alpha value is -1.65. The third-order valence-corrected chi connectivity index (χ3v) is 2.85. The van der Waals surface area contributed by atoms with Gasteiger partial charge in [-0.2, -0.15) is 14.6 Å². The van der Waals surface area contributed by atoms with E-state index < -0.39 is 0 Å². The van der Waals surface area contributed by atoms with E-state index >= 15 is 0 Å². The van der Waals surface area contributed by atoms with E-state index in [4.69, 9.17) is 0 Å². The molecule has 0 aliphatic carbocycles. The van der Waals surface area contributed by atoms with E-state index in [0.717, 1.165) is 24.6 Å². The SMILES string of the molecule is CCCCN(CC)c1cc(C)nc2ncnn12. The van der Waals surface area contributed by atoms with Gasteiger partial charge in [0.25, 0.3) is 5.78 Å². The summed E-state index contributed by atoms with van der Waals surface area (Å²) in [4.78, 5) is 10.8. The minimum atomic E-state index is 0.676. The molecule has 0 aliphatic rings. The maximum atomic E-state index is 4.36. The van der Waals surface area contributed by atoms with Gasteiger partial charge in [0.1, 0.15) is 12.1 Å². The van der Waals surface area contributed by atoms with Crippen molar-refractivity contribution in [2.45, 2.75) is 33.6 Å². The molecule has 0 fully saturated rings. The number of fused-ring (bicyclic) bond motifs is 1. The molecule has 0 N–H and O–H groups in total. The standard InChI is InChI=1S/C12H19N5/c1-4-6-7-16(5-2)11-8-10(3)15-12-13-9-14-17(11)12/h8-9H,4-7H2,1-3H3. The number of unbranched alkanes of at least 4 members (excludes halogenated alkanes) is 1. The summed E-state index contributed by atoms with van der Waals surface area (Å²) in [7, 11) is 0. The fourth-order valence-electron chi connectivity index (χ4n) is 1.92. The average molecular weight is 233 g/mol. The number of hydrogen-bond acceptors (Lipinski definition) is 4. The minimum absolute atomic E-state index is 0.676. The average Bonchev–Trinajstić information content (AvgIpc) is 2.77. The minimum Gasteiger partial charge on any atom is -0.357 e. The summed E-state index contributed by atoms with van der Waals surface area (Å²) in [6, 6.07) is 2.07. The smallest absolute Gasteiger partial charge is 0.254 e. The van der Waals surface area contributed by atoms with Gasteiger partial charge in [-0.15, -0.1) is 0 Å². The van der Waals surface area contributed by atoms with Crippen LogP contribution in [-0.2, 0) is 0 Å². The van der Waals surface area contributed by atoms with E-state index in [-0.39, 0.29) is 0 Å². The number of rotatable bonds is 5. The predicted molar refractivity (Wildman–Crippen MR) is 68.3 cm³/mol. The van der Waals surface area contributed by atoms with Crippen LogP contribution in [0.25, 0.3) is 5.78 Å². The lowest BCUT2D eigenvalue weighted by Crippen LogP contribution is -2.26. The predicted octanol–water partition coefficient (Wildman–Crippen LogP) is 2.06. The molecule has 2 aromatic heterocycles. The van der Waals surface area contributed by atoms with Crippen molar-refractivity contribution < 1.29 is 0 Å². The number of aromatic nitrogens is 4. The first-order chi connectivity index (χ1) is 8.26. The van der Waals surface area contributed by atoms with Crippen molar-refractivity contribution >= 4 is 11.6 Å². The summed E-state index contributed by atoms with van der Waals surface area (Å²) in [5.74, 6) is 1.76. The molecule has 5 heteroatoms. The third kappa shape index (κ3) is 2.38. The van der Waals surface area contributed by atoms with E-state index in [1.165, 1.54) is 12.8 Å². The Morgan fingerprint density at radius 3 is 2.88 bits per heavy atom. The lowest BCUT2D eigenvalue weighted by molar-refractivity contribution is 0.708. The van der Waals surface area contributed by atoms with Crippen molar-refractivity contribution in [1.82, 2.24) is 19.6 Å². The Bertz CT molecular complexity index is 491. The van der Waals surface area contributed by atoms with E-state index in [1.807, 2.05) is 11.4 Å². The monoisotopic (exact) mass is 233 g/mol. The number of aryl methyl sites for hydroxylation is 1. The van der Waals surface area contributed by atoms with Crippen LogP contribution in [0.4, 0.5) is 5.82 Å². The Morgan fingerprint density at radius 1 is 1.35 bits per heavy atom. The molecule has 0 amide bonds. The van der Waals surface area contributed by atoms with Crippen LogP contribution in [0.1, 0.15) is 32.4 Å². The molecule has 5 nitrogen and oxygen atoms in total. The fourth-order valence-corrected chi connectivity index (χ4v) is 1.92. The molecule has 0 radical (unpaired) electrons. The molecular weight excluding hydrogens is 214 g/mol. The molecule has 17 heavy (non-hydrogen) atoms. The Labute approximate surface area is 101 Å². The highest BCUT2D eigenvalue weighted by molar-refractivity contribution is 5.46. The maximum absolute atomic E-state index is 4.36. The van der Waals surface area contributed by atoms with Crippen LogP contribution in [0.3, 0.4) is 0 Å². The number of anilines is 1. The van der Waals surface area contributed by atoms with Crippen LogP contribution in [0.5, 0.6) is 0 Å². The molecule has 0 aromatic carbocycles. The van der Waals surface area contributed by atoms with Gasteiger partial charge in [-0.1, -0.05) is 13.3 Å². The summed E-state index contributed by atoms with van der Waals surface area (Å²) in [5.41, 5.74) is 0.982. The zero-order valence-electron chi connectivity index (χ0n) is 10.7. The van der Waals surface area contributed by atoms with Crippen LogP contribution < -0.4 is 4.90 Å². The van der Waals surface area contributed by atoms with Crippen molar-refractivity contribution in [1.29, 1.82) is 0 Å². The first-order valence-corrected chi connectivity index (χ1v) is 6.18. The molecule has 2 rings (SSSR count). The topological polar surface area (TPSA) is 46.3 Å².